The molecule has 0 bridgehead atoms. The SMILES string of the molecule is CCC(=[N+]=[N-])C(C)=O. The monoisotopic (exact) mass is 112 g/mol. The molecule has 0 amide bonds. The summed E-state index contributed by atoms with van der Waals surface area (Å²) in [6.07, 6.45) is 0.492. The molecule has 0 radical (unpaired) electrons. The highest BCUT2D eigenvalue weighted by molar-refractivity contribution is 6.36. The number of ketones is 1. The minimum atomic E-state index is -0.171. The van der Waals surface area contributed by atoms with Gasteiger partial charge in [0.15, 0.2) is 0 Å². The summed E-state index contributed by atoms with van der Waals surface area (Å²) in [6.45, 7) is 3.13. The van der Waals surface area contributed by atoms with E-state index in [0.29, 0.717) is 6.42 Å². The standard InChI is InChI=1S/C5H8N2O/c1-3-5(7-6)4(2)8/h3H2,1-2H3. The summed E-state index contributed by atoms with van der Waals surface area (Å²) >= 11 is 0. The topological polar surface area (TPSA) is 53.5 Å². The van der Waals surface area contributed by atoms with Gasteiger partial charge in [0.1, 0.15) is 0 Å². The van der Waals surface area contributed by atoms with E-state index in [1.54, 1.807) is 6.92 Å². The minimum Gasteiger partial charge on any atom is -0.361 e. The van der Waals surface area contributed by atoms with Crippen LogP contribution in [-0.2, 0) is 4.79 Å². The normalized spacial score (nSPS) is 7.75. The van der Waals surface area contributed by atoms with Gasteiger partial charge in [-0.15, -0.1) is 0 Å². The van der Waals surface area contributed by atoms with Crippen LogP contribution in [0, 0.1) is 0 Å². The lowest BCUT2D eigenvalue weighted by atomic mass is 10.2. The molecule has 3 nitrogen and oxygen atoms in total. The first kappa shape index (κ1) is 7.05. The van der Waals surface area contributed by atoms with Crippen LogP contribution in [-0.4, -0.2) is 16.3 Å². The quantitative estimate of drug-likeness (QED) is 0.294. The van der Waals surface area contributed by atoms with Crippen LogP contribution in [0.15, 0.2) is 0 Å². The molecule has 0 aromatic carbocycles. The van der Waals surface area contributed by atoms with E-state index in [0.717, 1.165) is 0 Å². The van der Waals surface area contributed by atoms with Crippen molar-refractivity contribution in [2.75, 3.05) is 0 Å². The maximum Gasteiger partial charge on any atom is 0.333 e. The zero-order valence-corrected chi connectivity index (χ0v) is 5.01. The van der Waals surface area contributed by atoms with Crippen LogP contribution in [0.1, 0.15) is 20.3 Å². The Morgan fingerprint density at radius 3 is 2.25 bits per heavy atom. The minimum absolute atomic E-state index is 0.171. The van der Waals surface area contributed by atoms with Crippen molar-refractivity contribution in [3.63, 3.8) is 0 Å². The summed E-state index contributed by atoms with van der Waals surface area (Å²) in [6, 6.07) is 0. The summed E-state index contributed by atoms with van der Waals surface area (Å²) in [5.41, 5.74) is 8.29. The lowest BCUT2D eigenvalue weighted by molar-refractivity contribution is -0.115. The van der Waals surface area contributed by atoms with E-state index in [-0.39, 0.29) is 11.5 Å². The van der Waals surface area contributed by atoms with Crippen LogP contribution in [0.2, 0.25) is 0 Å². The van der Waals surface area contributed by atoms with E-state index in [4.69, 9.17) is 5.53 Å². The van der Waals surface area contributed by atoms with Crippen LogP contribution in [0.5, 0.6) is 0 Å². The Labute approximate surface area is 47.9 Å². The Morgan fingerprint density at radius 1 is 1.75 bits per heavy atom. The molecule has 0 aliphatic carbocycles. The second kappa shape index (κ2) is 3.10. The van der Waals surface area contributed by atoms with Gasteiger partial charge in [-0.1, -0.05) is 6.92 Å². The van der Waals surface area contributed by atoms with Crippen LogP contribution in [0.25, 0.3) is 5.53 Å². The van der Waals surface area contributed by atoms with Gasteiger partial charge >= 0.3 is 5.71 Å². The van der Waals surface area contributed by atoms with E-state index in [2.05, 4.69) is 4.79 Å². The molecule has 0 spiro atoms. The maximum atomic E-state index is 10.3. The highest BCUT2D eigenvalue weighted by Crippen LogP contribution is 1.79. The molecule has 0 saturated carbocycles. The number of Topliss-reactive ketones (excluding diaryl/α,β-unsaturated/α-hetero) is 1. The molecule has 3 heteroatoms. The number of carbonyl (C=O) groups is 1. The maximum absolute atomic E-state index is 10.3. The molecule has 0 atom stereocenters. The predicted molar refractivity (Wildman–Crippen MR) is 29.6 cm³/mol. The van der Waals surface area contributed by atoms with Gasteiger partial charge in [0, 0.05) is 6.92 Å². The Kier molecular flexibility index (Phi) is 2.74. The molecule has 0 aliphatic heterocycles. The fourth-order valence-electron chi connectivity index (χ4n) is 0.390. The number of hydrogen-bond acceptors (Lipinski definition) is 1. The van der Waals surface area contributed by atoms with Crippen molar-refractivity contribution in [3.8, 4) is 0 Å². The molecule has 0 heterocycles. The lowest BCUT2D eigenvalue weighted by Crippen LogP contribution is -2.08. The summed E-state index contributed by atoms with van der Waals surface area (Å²) in [4.78, 5) is 13.1. The summed E-state index contributed by atoms with van der Waals surface area (Å²) in [5.74, 6) is -0.171. The first-order chi connectivity index (χ1) is 3.72. The lowest BCUT2D eigenvalue weighted by Gasteiger charge is -1.77. The molecule has 0 aromatic heterocycles. The molecule has 0 unspecified atom stereocenters. The first-order valence-electron chi connectivity index (χ1n) is 2.44. The van der Waals surface area contributed by atoms with E-state index in [1.807, 2.05) is 0 Å². The smallest absolute Gasteiger partial charge is 0.333 e. The summed E-state index contributed by atoms with van der Waals surface area (Å²) in [7, 11) is 0. The number of hydrogen-bond donors (Lipinski definition) is 0. The van der Waals surface area contributed by atoms with Crippen molar-refractivity contribution in [1.82, 2.24) is 0 Å². The van der Waals surface area contributed by atoms with Gasteiger partial charge in [0.2, 0.25) is 5.78 Å². The molecule has 0 saturated heterocycles. The summed E-state index contributed by atoms with van der Waals surface area (Å²) < 4.78 is 0. The molecule has 0 aromatic rings. The van der Waals surface area contributed by atoms with Crippen LogP contribution < -0.4 is 0 Å². The fourth-order valence-corrected chi connectivity index (χ4v) is 0.390. The van der Waals surface area contributed by atoms with E-state index in [1.165, 1.54) is 6.92 Å². The van der Waals surface area contributed by atoms with Crippen molar-refractivity contribution >= 4 is 11.5 Å². The van der Waals surface area contributed by atoms with Crippen LogP contribution in [0.3, 0.4) is 0 Å². The van der Waals surface area contributed by atoms with Crippen molar-refractivity contribution in [3.05, 3.63) is 5.53 Å². The Morgan fingerprint density at radius 2 is 2.25 bits per heavy atom. The van der Waals surface area contributed by atoms with Gasteiger partial charge in [-0.3, -0.25) is 4.79 Å². The average Bonchev–Trinajstić information content (AvgIpc) is 1.69. The molecule has 44 valence electrons. The Bertz CT molecular complexity index is 145. The molecule has 0 fully saturated rings. The molecular weight excluding hydrogens is 104 g/mol. The predicted octanol–water partition coefficient (Wildman–Crippen LogP) is 0.656. The van der Waals surface area contributed by atoms with Crippen molar-refractivity contribution < 1.29 is 9.58 Å². The van der Waals surface area contributed by atoms with Crippen molar-refractivity contribution in [1.29, 1.82) is 0 Å². The van der Waals surface area contributed by atoms with E-state index < -0.39 is 0 Å². The number of carbonyl (C=O) groups excluding carboxylic acids is 1. The fraction of sp³-hybridized carbons (Fsp3) is 0.600. The summed E-state index contributed by atoms with van der Waals surface area (Å²) in [5, 5.41) is 0. The van der Waals surface area contributed by atoms with Gasteiger partial charge in [0.05, 0.1) is 6.42 Å². The van der Waals surface area contributed by atoms with E-state index in [9.17, 15) is 4.79 Å². The molecule has 8 heavy (non-hydrogen) atoms. The molecule has 0 N–H and O–H groups in total. The van der Waals surface area contributed by atoms with Gasteiger partial charge in [-0.2, -0.15) is 4.79 Å². The Balaban J connectivity index is 4.14. The van der Waals surface area contributed by atoms with Gasteiger partial charge in [-0.25, -0.2) is 0 Å². The highest BCUT2D eigenvalue weighted by Gasteiger charge is 2.09. The van der Waals surface area contributed by atoms with Crippen LogP contribution >= 0.6 is 0 Å². The third-order valence-electron chi connectivity index (χ3n) is 0.862. The number of rotatable bonds is 2. The zero-order chi connectivity index (χ0) is 6.57. The number of nitrogens with zero attached hydrogens (tertiary/aromatic N) is 2. The first-order valence-corrected chi connectivity index (χ1v) is 2.44. The van der Waals surface area contributed by atoms with Gasteiger partial charge < -0.3 is 5.53 Å². The van der Waals surface area contributed by atoms with Crippen molar-refractivity contribution in [2.45, 2.75) is 20.3 Å². The third-order valence-corrected chi connectivity index (χ3v) is 0.862. The largest absolute Gasteiger partial charge is 0.361 e. The second-order valence-electron chi connectivity index (χ2n) is 1.46. The highest BCUT2D eigenvalue weighted by atomic mass is 16.1. The van der Waals surface area contributed by atoms with Crippen LogP contribution in [0.4, 0.5) is 0 Å². The third kappa shape index (κ3) is 1.67. The molecule has 0 aliphatic rings. The second-order valence-corrected chi connectivity index (χ2v) is 1.46. The zero-order valence-electron chi connectivity index (χ0n) is 5.01. The van der Waals surface area contributed by atoms with Crippen molar-refractivity contribution in [2.24, 2.45) is 0 Å². The van der Waals surface area contributed by atoms with Gasteiger partial charge in [0.25, 0.3) is 0 Å². The molecular formula is C5H8N2O. The molecule has 0 rings (SSSR count). The average molecular weight is 112 g/mol. The van der Waals surface area contributed by atoms with E-state index >= 15 is 0 Å². The van der Waals surface area contributed by atoms with Gasteiger partial charge in [-0.05, 0) is 0 Å². The Hall–Kier alpha value is -0.950.